The molecule has 0 atom stereocenters. The highest BCUT2D eigenvalue weighted by atomic mass is 35.5. The van der Waals surface area contributed by atoms with Crippen LogP contribution in [0.1, 0.15) is 5.56 Å². The molecule has 0 bridgehead atoms. The molecule has 33 heavy (non-hydrogen) atoms. The molecule has 0 fully saturated rings. The summed E-state index contributed by atoms with van der Waals surface area (Å²) in [6.45, 7) is -0.269. The first kappa shape index (κ1) is 22.3. The van der Waals surface area contributed by atoms with E-state index in [-0.39, 0.29) is 19.1 Å². The number of amides is 1. The van der Waals surface area contributed by atoms with Gasteiger partial charge in [0.25, 0.3) is 0 Å². The van der Waals surface area contributed by atoms with Gasteiger partial charge in [-0.05, 0) is 29.8 Å². The minimum Gasteiger partial charge on any atom is -0.493 e. The zero-order valence-electron chi connectivity index (χ0n) is 17.8. The highest BCUT2D eigenvalue weighted by Crippen LogP contribution is 2.35. The SMILES string of the molecule is COc1cc2ncnc(Oc3cnn(CC(=O)Nc4ccc(Cl)c(CO)c4)c3)c2cc1OC. The second-order valence-corrected chi connectivity index (χ2v) is 7.30. The molecule has 2 aromatic carbocycles. The Morgan fingerprint density at radius 2 is 1.94 bits per heavy atom. The van der Waals surface area contributed by atoms with E-state index in [0.717, 1.165) is 0 Å². The van der Waals surface area contributed by atoms with E-state index in [0.29, 0.717) is 50.3 Å². The first-order valence-corrected chi connectivity index (χ1v) is 10.1. The third kappa shape index (κ3) is 4.97. The molecule has 0 radical (unpaired) electrons. The Bertz CT molecular complexity index is 1310. The number of fused-ring (bicyclic) bond motifs is 1. The van der Waals surface area contributed by atoms with Crippen LogP contribution in [-0.4, -0.2) is 45.0 Å². The van der Waals surface area contributed by atoms with Gasteiger partial charge >= 0.3 is 0 Å². The third-order valence-corrected chi connectivity index (χ3v) is 5.10. The van der Waals surface area contributed by atoms with Gasteiger partial charge in [-0.15, -0.1) is 0 Å². The minimum atomic E-state index is -0.305. The number of carbonyl (C=O) groups is 1. The summed E-state index contributed by atoms with van der Waals surface area (Å²) < 4.78 is 18.0. The molecular formula is C22H20ClN5O5. The molecule has 2 heterocycles. The largest absolute Gasteiger partial charge is 0.493 e. The number of hydrogen-bond donors (Lipinski definition) is 2. The van der Waals surface area contributed by atoms with Gasteiger partial charge in [-0.3, -0.25) is 9.48 Å². The van der Waals surface area contributed by atoms with Crippen LogP contribution >= 0.6 is 11.6 Å². The van der Waals surface area contributed by atoms with Crippen LogP contribution in [-0.2, 0) is 17.9 Å². The molecule has 0 aliphatic rings. The Morgan fingerprint density at radius 1 is 1.15 bits per heavy atom. The number of anilines is 1. The maximum Gasteiger partial charge on any atom is 0.246 e. The van der Waals surface area contributed by atoms with Gasteiger partial charge in [-0.25, -0.2) is 9.97 Å². The van der Waals surface area contributed by atoms with Crippen molar-refractivity contribution >= 4 is 34.1 Å². The van der Waals surface area contributed by atoms with Crippen LogP contribution in [0, 0.1) is 0 Å². The molecule has 0 saturated heterocycles. The number of benzene rings is 2. The van der Waals surface area contributed by atoms with Crippen molar-refractivity contribution in [3.05, 3.63) is 59.6 Å². The standard InChI is InChI=1S/C22H20ClN5O5/c1-31-19-6-16-18(7-20(19)32-2)24-12-25-22(16)33-15-8-26-28(9-15)10-21(30)27-14-3-4-17(23)13(5-14)11-29/h3-9,12,29H,10-11H2,1-2H3,(H,27,30). The Balaban J connectivity index is 1.48. The van der Waals surface area contributed by atoms with E-state index in [1.54, 1.807) is 43.6 Å². The van der Waals surface area contributed by atoms with Crippen LogP contribution in [0.15, 0.2) is 49.1 Å². The monoisotopic (exact) mass is 469 g/mol. The summed E-state index contributed by atoms with van der Waals surface area (Å²) in [7, 11) is 3.09. The van der Waals surface area contributed by atoms with Gasteiger partial charge < -0.3 is 24.6 Å². The zero-order valence-corrected chi connectivity index (χ0v) is 18.5. The first-order chi connectivity index (χ1) is 16.0. The van der Waals surface area contributed by atoms with E-state index in [4.69, 9.17) is 25.8 Å². The predicted molar refractivity (Wildman–Crippen MR) is 121 cm³/mol. The topological polar surface area (TPSA) is 121 Å². The Morgan fingerprint density at radius 3 is 2.70 bits per heavy atom. The Kier molecular flexibility index (Phi) is 6.57. The van der Waals surface area contributed by atoms with Gasteiger partial charge in [0, 0.05) is 16.8 Å². The number of ether oxygens (including phenoxy) is 3. The number of halogens is 1. The number of aliphatic hydroxyl groups is 1. The second-order valence-electron chi connectivity index (χ2n) is 6.89. The fourth-order valence-electron chi connectivity index (χ4n) is 3.16. The lowest BCUT2D eigenvalue weighted by molar-refractivity contribution is -0.116. The van der Waals surface area contributed by atoms with E-state index in [9.17, 15) is 9.90 Å². The summed E-state index contributed by atoms with van der Waals surface area (Å²) in [6, 6.07) is 8.34. The molecule has 1 amide bonds. The summed E-state index contributed by atoms with van der Waals surface area (Å²) >= 11 is 5.98. The molecule has 2 aromatic heterocycles. The molecule has 4 rings (SSSR count). The molecular weight excluding hydrogens is 450 g/mol. The molecule has 170 valence electrons. The number of nitrogens with zero attached hydrogens (tertiary/aromatic N) is 4. The molecule has 10 nitrogen and oxygen atoms in total. The van der Waals surface area contributed by atoms with Crippen LogP contribution in [0.25, 0.3) is 10.9 Å². The van der Waals surface area contributed by atoms with E-state index in [1.807, 2.05) is 0 Å². The summed E-state index contributed by atoms with van der Waals surface area (Å²) in [5, 5.41) is 17.3. The van der Waals surface area contributed by atoms with E-state index < -0.39 is 0 Å². The average molecular weight is 470 g/mol. The van der Waals surface area contributed by atoms with Crippen molar-refractivity contribution in [3.8, 4) is 23.1 Å². The van der Waals surface area contributed by atoms with Crippen molar-refractivity contribution in [2.45, 2.75) is 13.2 Å². The van der Waals surface area contributed by atoms with Crippen LogP contribution in [0.2, 0.25) is 5.02 Å². The Labute approximate surface area is 193 Å². The van der Waals surface area contributed by atoms with Crippen molar-refractivity contribution < 1.29 is 24.1 Å². The lowest BCUT2D eigenvalue weighted by Gasteiger charge is -2.10. The van der Waals surface area contributed by atoms with Crippen LogP contribution in [0.5, 0.6) is 23.1 Å². The minimum absolute atomic E-state index is 0.0456. The van der Waals surface area contributed by atoms with Crippen LogP contribution in [0.4, 0.5) is 5.69 Å². The molecule has 4 aromatic rings. The highest BCUT2D eigenvalue weighted by Gasteiger charge is 2.14. The molecule has 0 unspecified atom stereocenters. The first-order valence-electron chi connectivity index (χ1n) is 9.77. The fraction of sp³-hybridized carbons (Fsp3) is 0.182. The Hall–Kier alpha value is -3.89. The van der Waals surface area contributed by atoms with Crippen LogP contribution < -0.4 is 19.5 Å². The molecule has 2 N–H and O–H groups in total. The summed E-state index contributed by atoms with van der Waals surface area (Å²) in [6.07, 6.45) is 4.44. The number of hydrogen-bond acceptors (Lipinski definition) is 8. The maximum absolute atomic E-state index is 12.4. The number of rotatable bonds is 8. The van der Waals surface area contributed by atoms with Crippen molar-refractivity contribution in [2.24, 2.45) is 0 Å². The van der Waals surface area contributed by atoms with Crippen LogP contribution in [0.3, 0.4) is 0 Å². The summed E-state index contributed by atoms with van der Waals surface area (Å²) in [5.41, 5.74) is 1.67. The average Bonchev–Trinajstić information content (AvgIpc) is 3.26. The van der Waals surface area contributed by atoms with Gasteiger partial charge in [0.2, 0.25) is 11.8 Å². The van der Waals surface area contributed by atoms with Crippen molar-refractivity contribution in [1.82, 2.24) is 19.7 Å². The van der Waals surface area contributed by atoms with Crippen molar-refractivity contribution in [2.75, 3.05) is 19.5 Å². The number of aliphatic hydroxyl groups excluding tert-OH is 1. The molecule has 0 spiro atoms. The molecule has 0 saturated carbocycles. The van der Waals surface area contributed by atoms with Crippen molar-refractivity contribution in [3.63, 3.8) is 0 Å². The fourth-order valence-corrected chi connectivity index (χ4v) is 3.33. The number of methoxy groups -OCH3 is 2. The van der Waals surface area contributed by atoms with Gasteiger partial charge in [0.15, 0.2) is 17.2 Å². The zero-order chi connectivity index (χ0) is 23.4. The maximum atomic E-state index is 12.4. The number of carbonyl (C=O) groups excluding carboxylic acids is 1. The molecule has 11 heteroatoms. The third-order valence-electron chi connectivity index (χ3n) is 4.73. The number of aromatic nitrogens is 4. The molecule has 0 aliphatic carbocycles. The van der Waals surface area contributed by atoms with E-state index >= 15 is 0 Å². The number of nitrogens with one attached hydrogen (secondary N) is 1. The normalized spacial score (nSPS) is 10.8. The van der Waals surface area contributed by atoms with E-state index in [1.165, 1.54) is 24.3 Å². The predicted octanol–water partition coefficient (Wildman–Crippen LogP) is 3.42. The lowest BCUT2D eigenvalue weighted by atomic mass is 10.2. The quantitative estimate of drug-likeness (QED) is 0.402. The van der Waals surface area contributed by atoms with Crippen molar-refractivity contribution in [1.29, 1.82) is 0 Å². The molecule has 0 aliphatic heterocycles. The van der Waals surface area contributed by atoms with Gasteiger partial charge in [0.05, 0.1) is 44.1 Å². The van der Waals surface area contributed by atoms with Gasteiger partial charge in [-0.1, -0.05) is 11.6 Å². The highest BCUT2D eigenvalue weighted by molar-refractivity contribution is 6.31. The summed E-state index contributed by atoms with van der Waals surface area (Å²) in [4.78, 5) is 20.8. The van der Waals surface area contributed by atoms with Gasteiger partial charge in [0.1, 0.15) is 12.9 Å². The lowest BCUT2D eigenvalue weighted by Crippen LogP contribution is -2.19. The second kappa shape index (κ2) is 9.72. The van der Waals surface area contributed by atoms with E-state index in [2.05, 4.69) is 20.4 Å². The smallest absolute Gasteiger partial charge is 0.246 e. The van der Waals surface area contributed by atoms with Gasteiger partial charge in [-0.2, -0.15) is 5.10 Å². The summed E-state index contributed by atoms with van der Waals surface area (Å²) in [5.74, 6) is 1.46.